The molecule has 2 aromatic heterocycles. The van der Waals surface area contributed by atoms with Gasteiger partial charge in [-0.3, -0.25) is 10.4 Å². The van der Waals surface area contributed by atoms with Crippen LogP contribution < -0.4 is 16.0 Å². The first-order valence-electron chi connectivity index (χ1n) is 5.21. The lowest BCUT2D eigenvalue weighted by Crippen LogP contribution is -2.11. The Morgan fingerprint density at radius 1 is 1.18 bits per heavy atom. The third kappa shape index (κ3) is 3.39. The lowest BCUT2D eigenvalue weighted by molar-refractivity contribution is 0.308. The van der Waals surface area contributed by atoms with Crippen LogP contribution in [0.5, 0.6) is 5.88 Å². The molecule has 0 spiro atoms. The second kappa shape index (κ2) is 5.76. The Labute approximate surface area is 98.9 Å². The van der Waals surface area contributed by atoms with Crippen LogP contribution in [0.1, 0.15) is 5.69 Å². The van der Waals surface area contributed by atoms with Crippen LogP contribution in [0.4, 0.5) is 5.95 Å². The molecule has 0 saturated heterocycles. The molecule has 0 bridgehead atoms. The molecule has 0 aliphatic heterocycles. The first-order chi connectivity index (χ1) is 8.38. The number of hydrogen-bond donors (Lipinski definition) is 2. The van der Waals surface area contributed by atoms with E-state index in [0.717, 1.165) is 12.1 Å². The Balaban J connectivity index is 1.86. The number of pyridine rings is 1. The van der Waals surface area contributed by atoms with Crippen LogP contribution in [0.3, 0.4) is 0 Å². The fourth-order valence-corrected chi connectivity index (χ4v) is 1.30. The van der Waals surface area contributed by atoms with E-state index >= 15 is 0 Å². The lowest BCUT2D eigenvalue weighted by atomic mass is 10.3. The van der Waals surface area contributed by atoms with Crippen LogP contribution in [-0.4, -0.2) is 21.6 Å². The third-order valence-corrected chi connectivity index (χ3v) is 2.09. The first-order valence-corrected chi connectivity index (χ1v) is 5.21. The Morgan fingerprint density at radius 2 is 2.12 bits per heavy atom. The van der Waals surface area contributed by atoms with Gasteiger partial charge in [-0.1, -0.05) is 6.07 Å². The van der Waals surface area contributed by atoms with Crippen molar-refractivity contribution >= 4 is 5.95 Å². The van der Waals surface area contributed by atoms with E-state index in [9.17, 15) is 0 Å². The van der Waals surface area contributed by atoms with Crippen molar-refractivity contribution in [3.63, 3.8) is 0 Å². The van der Waals surface area contributed by atoms with Gasteiger partial charge < -0.3 is 4.74 Å². The molecular weight excluding hydrogens is 218 g/mol. The second-order valence-corrected chi connectivity index (χ2v) is 3.28. The molecule has 0 amide bonds. The largest absolute Gasteiger partial charge is 0.477 e. The van der Waals surface area contributed by atoms with Crippen LogP contribution in [0.25, 0.3) is 0 Å². The molecule has 3 N–H and O–H groups in total. The smallest absolute Gasteiger partial charge is 0.240 e. The zero-order chi connectivity index (χ0) is 11.9. The summed E-state index contributed by atoms with van der Waals surface area (Å²) < 4.78 is 5.47. The van der Waals surface area contributed by atoms with Crippen molar-refractivity contribution in [2.75, 3.05) is 12.0 Å². The van der Waals surface area contributed by atoms with E-state index in [1.807, 2.05) is 18.2 Å². The highest BCUT2D eigenvalue weighted by Gasteiger charge is 1.99. The van der Waals surface area contributed by atoms with Gasteiger partial charge in [0.2, 0.25) is 11.8 Å². The number of nitrogen functional groups attached to an aromatic ring is 1. The van der Waals surface area contributed by atoms with Gasteiger partial charge in [-0.05, 0) is 12.1 Å². The zero-order valence-electron chi connectivity index (χ0n) is 9.21. The first kappa shape index (κ1) is 11.3. The number of rotatable bonds is 5. The number of hydrogen-bond acceptors (Lipinski definition) is 6. The summed E-state index contributed by atoms with van der Waals surface area (Å²) >= 11 is 0. The Bertz CT molecular complexity index is 462. The fourth-order valence-electron chi connectivity index (χ4n) is 1.30. The molecule has 0 fully saturated rings. The highest BCUT2D eigenvalue weighted by molar-refractivity contribution is 5.25. The monoisotopic (exact) mass is 231 g/mol. The number of hydrazine groups is 1. The minimum Gasteiger partial charge on any atom is -0.477 e. The highest BCUT2D eigenvalue weighted by Crippen LogP contribution is 2.07. The fraction of sp³-hybridized carbons (Fsp3) is 0.182. The predicted octanol–water partition coefficient (Wildman–Crippen LogP) is 0.779. The average molecular weight is 231 g/mol. The number of aromatic nitrogens is 3. The summed E-state index contributed by atoms with van der Waals surface area (Å²) in [5.74, 6) is 6.02. The number of ether oxygens (including phenoxy) is 1. The summed E-state index contributed by atoms with van der Waals surface area (Å²) in [6, 6.07) is 7.47. The molecule has 0 aliphatic carbocycles. The summed E-state index contributed by atoms with van der Waals surface area (Å²) in [5, 5.41) is 0. The van der Waals surface area contributed by atoms with Crippen molar-refractivity contribution in [1.29, 1.82) is 0 Å². The van der Waals surface area contributed by atoms with Gasteiger partial charge in [-0.2, -0.15) is 4.98 Å². The number of nitrogens with zero attached hydrogens (tertiary/aromatic N) is 3. The summed E-state index contributed by atoms with van der Waals surface area (Å²) in [6.07, 6.45) is 4.07. The molecule has 0 atom stereocenters. The number of nitrogens with two attached hydrogens (primary N) is 1. The van der Waals surface area contributed by atoms with E-state index in [1.54, 1.807) is 18.5 Å². The van der Waals surface area contributed by atoms with E-state index in [1.165, 1.54) is 0 Å². The molecule has 0 unspecified atom stereocenters. The maximum absolute atomic E-state index is 5.47. The molecule has 2 heterocycles. The molecule has 6 heteroatoms. The maximum atomic E-state index is 5.47. The van der Waals surface area contributed by atoms with E-state index in [2.05, 4.69) is 20.4 Å². The molecule has 88 valence electrons. The van der Waals surface area contributed by atoms with Crippen LogP contribution in [0.15, 0.2) is 36.7 Å². The van der Waals surface area contributed by atoms with E-state index in [4.69, 9.17) is 10.6 Å². The summed E-state index contributed by atoms with van der Waals surface area (Å²) in [7, 11) is 0. The topological polar surface area (TPSA) is 86.0 Å². The van der Waals surface area contributed by atoms with Gasteiger partial charge in [0.15, 0.2) is 0 Å². The summed E-state index contributed by atoms with van der Waals surface area (Å²) in [4.78, 5) is 12.1. The summed E-state index contributed by atoms with van der Waals surface area (Å²) in [6.45, 7) is 0.512. The van der Waals surface area contributed by atoms with Crippen molar-refractivity contribution in [2.45, 2.75) is 6.42 Å². The van der Waals surface area contributed by atoms with Gasteiger partial charge >= 0.3 is 0 Å². The predicted molar refractivity (Wildman–Crippen MR) is 63.3 cm³/mol. The van der Waals surface area contributed by atoms with Crippen molar-refractivity contribution in [3.05, 3.63) is 42.4 Å². The zero-order valence-corrected chi connectivity index (χ0v) is 9.21. The Kier molecular flexibility index (Phi) is 3.82. The van der Waals surface area contributed by atoms with Gasteiger partial charge in [0.25, 0.3) is 0 Å². The molecule has 6 nitrogen and oxygen atoms in total. The van der Waals surface area contributed by atoms with Gasteiger partial charge in [0.1, 0.15) is 0 Å². The van der Waals surface area contributed by atoms with Crippen molar-refractivity contribution < 1.29 is 4.74 Å². The minimum absolute atomic E-state index is 0.334. The van der Waals surface area contributed by atoms with Crippen LogP contribution in [-0.2, 0) is 6.42 Å². The van der Waals surface area contributed by atoms with Gasteiger partial charge in [-0.25, -0.2) is 10.8 Å². The highest BCUT2D eigenvalue weighted by atomic mass is 16.5. The van der Waals surface area contributed by atoms with Crippen LogP contribution in [0, 0.1) is 0 Å². The Hall–Kier alpha value is -2.21. The van der Waals surface area contributed by atoms with Crippen molar-refractivity contribution in [1.82, 2.24) is 15.0 Å². The quantitative estimate of drug-likeness (QED) is 0.584. The SMILES string of the molecule is NNc1nccc(OCCc2ccccn2)n1. The van der Waals surface area contributed by atoms with E-state index in [-0.39, 0.29) is 0 Å². The second-order valence-electron chi connectivity index (χ2n) is 3.28. The molecule has 0 radical (unpaired) electrons. The molecule has 0 aromatic carbocycles. The van der Waals surface area contributed by atoms with Crippen LogP contribution >= 0.6 is 0 Å². The summed E-state index contributed by atoms with van der Waals surface area (Å²) in [5.41, 5.74) is 3.35. The molecule has 0 saturated carbocycles. The van der Waals surface area contributed by atoms with Gasteiger partial charge in [-0.15, -0.1) is 0 Å². The molecular formula is C11H13N5O. The molecule has 2 aromatic rings. The molecule has 2 rings (SSSR count). The normalized spacial score (nSPS) is 9.94. The van der Waals surface area contributed by atoms with Gasteiger partial charge in [0.05, 0.1) is 6.61 Å². The van der Waals surface area contributed by atoms with Crippen LogP contribution in [0.2, 0.25) is 0 Å². The van der Waals surface area contributed by atoms with Crippen molar-refractivity contribution in [3.8, 4) is 5.88 Å². The standard InChI is InChI=1S/C11H13N5O/c12-16-11-14-7-4-10(15-11)17-8-5-9-3-1-2-6-13-9/h1-4,6-7H,5,8,12H2,(H,14,15,16). The lowest BCUT2D eigenvalue weighted by Gasteiger charge is -2.05. The minimum atomic E-state index is 0.334. The van der Waals surface area contributed by atoms with E-state index < -0.39 is 0 Å². The molecule has 17 heavy (non-hydrogen) atoms. The maximum Gasteiger partial charge on any atom is 0.240 e. The number of nitrogens with one attached hydrogen (secondary N) is 1. The average Bonchev–Trinajstić information content (AvgIpc) is 2.40. The number of anilines is 1. The molecule has 0 aliphatic rings. The van der Waals surface area contributed by atoms with Crippen molar-refractivity contribution in [2.24, 2.45) is 5.84 Å². The van der Waals surface area contributed by atoms with Gasteiger partial charge in [0, 0.05) is 30.6 Å². The third-order valence-electron chi connectivity index (χ3n) is 2.09. The van der Waals surface area contributed by atoms with E-state index in [0.29, 0.717) is 18.4 Å². The Morgan fingerprint density at radius 3 is 2.88 bits per heavy atom.